The molecular weight excluding hydrogens is 368 g/mol. The molecule has 1 saturated heterocycles. The molecule has 0 bridgehead atoms. The smallest absolute Gasteiger partial charge is 0.338 e. The van der Waals surface area contributed by atoms with Crippen LogP contribution < -0.4 is 5.32 Å². The molecule has 0 aromatic heterocycles. The number of rotatable bonds is 7. The Morgan fingerprint density at radius 3 is 2.48 bits per heavy atom. The van der Waals surface area contributed by atoms with E-state index in [-0.39, 0.29) is 29.0 Å². The zero-order valence-corrected chi connectivity index (χ0v) is 16.9. The fourth-order valence-corrected chi connectivity index (χ4v) is 4.61. The minimum absolute atomic E-state index is 0.0299. The van der Waals surface area contributed by atoms with Gasteiger partial charge in [0.05, 0.1) is 10.5 Å². The summed E-state index contributed by atoms with van der Waals surface area (Å²) in [7, 11) is -3.58. The second kappa shape index (κ2) is 9.32. The average Bonchev–Trinajstić information content (AvgIpc) is 2.64. The summed E-state index contributed by atoms with van der Waals surface area (Å²) in [5.41, 5.74) is 0.206. The molecule has 1 amide bonds. The van der Waals surface area contributed by atoms with Gasteiger partial charge >= 0.3 is 5.97 Å². The largest absolute Gasteiger partial charge is 0.452 e. The van der Waals surface area contributed by atoms with Crippen molar-refractivity contribution in [3.05, 3.63) is 29.8 Å². The first-order valence-electron chi connectivity index (χ1n) is 9.27. The number of amides is 1. The quantitative estimate of drug-likeness (QED) is 0.713. The molecule has 1 N–H and O–H groups in total. The van der Waals surface area contributed by atoms with E-state index in [1.807, 2.05) is 20.8 Å². The van der Waals surface area contributed by atoms with Crippen LogP contribution in [0.4, 0.5) is 0 Å². The lowest BCUT2D eigenvalue weighted by Gasteiger charge is -2.32. The van der Waals surface area contributed by atoms with E-state index in [9.17, 15) is 18.0 Å². The standard InChI is InChI=1S/C19H28N2O5S/c1-14(2)12-20-18(22)13-26-19(23)16-7-9-17(10-8-16)27(24,25)21-11-5-4-6-15(21)3/h7-10,14-15H,4-6,11-13H2,1-3H3,(H,20,22)/t15-/m0/s1. The first-order valence-corrected chi connectivity index (χ1v) is 10.7. The molecule has 1 fully saturated rings. The maximum absolute atomic E-state index is 12.8. The average molecular weight is 397 g/mol. The van der Waals surface area contributed by atoms with Crippen molar-refractivity contribution in [2.45, 2.75) is 51.0 Å². The summed E-state index contributed by atoms with van der Waals surface area (Å²) in [6, 6.07) is 5.61. The van der Waals surface area contributed by atoms with Crippen molar-refractivity contribution in [3.63, 3.8) is 0 Å². The van der Waals surface area contributed by atoms with Gasteiger partial charge in [0.15, 0.2) is 6.61 Å². The Kier molecular flexibility index (Phi) is 7.38. The Bertz CT molecular complexity index is 759. The van der Waals surface area contributed by atoms with Crippen molar-refractivity contribution < 1.29 is 22.7 Å². The van der Waals surface area contributed by atoms with Crippen LogP contribution >= 0.6 is 0 Å². The van der Waals surface area contributed by atoms with Gasteiger partial charge in [-0.15, -0.1) is 0 Å². The molecule has 7 nitrogen and oxygen atoms in total. The monoisotopic (exact) mass is 396 g/mol. The van der Waals surface area contributed by atoms with Gasteiger partial charge in [-0.2, -0.15) is 4.31 Å². The van der Waals surface area contributed by atoms with Gasteiger partial charge in [-0.05, 0) is 49.9 Å². The van der Waals surface area contributed by atoms with Crippen molar-refractivity contribution in [1.82, 2.24) is 9.62 Å². The van der Waals surface area contributed by atoms with Crippen LogP contribution in [-0.4, -0.2) is 50.3 Å². The molecule has 0 radical (unpaired) electrons. The number of nitrogens with zero attached hydrogens (tertiary/aromatic N) is 1. The predicted molar refractivity (Wildman–Crippen MR) is 102 cm³/mol. The molecule has 0 aliphatic carbocycles. The van der Waals surface area contributed by atoms with Crippen molar-refractivity contribution in [3.8, 4) is 0 Å². The lowest BCUT2D eigenvalue weighted by molar-refractivity contribution is -0.124. The van der Waals surface area contributed by atoms with Gasteiger partial charge in [-0.25, -0.2) is 13.2 Å². The topological polar surface area (TPSA) is 92.8 Å². The lowest BCUT2D eigenvalue weighted by Crippen LogP contribution is -2.41. The van der Waals surface area contributed by atoms with E-state index in [0.29, 0.717) is 19.0 Å². The molecule has 2 rings (SSSR count). The molecule has 1 heterocycles. The Morgan fingerprint density at radius 2 is 1.89 bits per heavy atom. The summed E-state index contributed by atoms with van der Waals surface area (Å²) in [5, 5.41) is 2.66. The first kappa shape index (κ1) is 21.4. The number of carbonyl (C=O) groups excluding carboxylic acids is 2. The highest BCUT2D eigenvalue weighted by atomic mass is 32.2. The molecule has 0 unspecified atom stereocenters. The van der Waals surface area contributed by atoms with E-state index in [2.05, 4.69) is 5.32 Å². The zero-order valence-electron chi connectivity index (χ0n) is 16.1. The summed E-state index contributed by atoms with van der Waals surface area (Å²) in [5.74, 6) is -0.720. The minimum atomic E-state index is -3.58. The molecular formula is C19H28N2O5S. The van der Waals surface area contributed by atoms with Gasteiger partial charge < -0.3 is 10.1 Å². The van der Waals surface area contributed by atoms with Gasteiger partial charge in [0.25, 0.3) is 5.91 Å². The third-order valence-electron chi connectivity index (χ3n) is 4.48. The number of carbonyl (C=O) groups is 2. The molecule has 8 heteroatoms. The molecule has 27 heavy (non-hydrogen) atoms. The minimum Gasteiger partial charge on any atom is -0.452 e. The van der Waals surface area contributed by atoms with E-state index in [1.54, 1.807) is 0 Å². The molecule has 1 aliphatic rings. The SMILES string of the molecule is CC(C)CNC(=O)COC(=O)c1ccc(S(=O)(=O)N2CCCC[C@@H]2C)cc1. The van der Waals surface area contributed by atoms with E-state index in [4.69, 9.17) is 4.74 Å². The third kappa shape index (κ3) is 5.77. The number of hydrogen-bond donors (Lipinski definition) is 1. The summed E-state index contributed by atoms with van der Waals surface area (Å²) in [6.45, 7) is 6.50. The molecule has 1 aromatic carbocycles. The Labute approximate surface area is 161 Å². The molecule has 1 atom stereocenters. The van der Waals surface area contributed by atoms with Gasteiger partial charge in [0.1, 0.15) is 0 Å². The van der Waals surface area contributed by atoms with Crippen molar-refractivity contribution >= 4 is 21.9 Å². The Hall–Kier alpha value is -1.93. The van der Waals surface area contributed by atoms with Gasteiger partial charge in [0, 0.05) is 19.1 Å². The lowest BCUT2D eigenvalue weighted by atomic mass is 10.1. The van der Waals surface area contributed by atoms with E-state index in [1.165, 1.54) is 28.6 Å². The summed E-state index contributed by atoms with van der Waals surface area (Å²) in [4.78, 5) is 23.8. The van der Waals surface area contributed by atoms with Crippen LogP contribution in [0.1, 0.15) is 50.4 Å². The molecule has 1 aromatic rings. The molecule has 0 saturated carbocycles. The summed E-state index contributed by atoms with van der Waals surface area (Å²) in [6.07, 6.45) is 2.73. The Morgan fingerprint density at radius 1 is 1.22 bits per heavy atom. The van der Waals surface area contributed by atoms with Crippen LogP contribution in [0.3, 0.4) is 0 Å². The molecule has 150 valence electrons. The van der Waals surface area contributed by atoms with Gasteiger partial charge in [-0.3, -0.25) is 4.79 Å². The van der Waals surface area contributed by atoms with Crippen molar-refractivity contribution in [2.24, 2.45) is 5.92 Å². The molecule has 1 aliphatic heterocycles. The second-order valence-corrected chi connectivity index (χ2v) is 9.15. The third-order valence-corrected chi connectivity index (χ3v) is 6.51. The number of benzene rings is 1. The number of esters is 1. The predicted octanol–water partition coefficient (Wildman–Crippen LogP) is 2.18. The van der Waals surface area contributed by atoms with E-state index < -0.39 is 16.0 Å². The molecule has 0 spiro atoms. The number of nitrogens with one attached hydrogen (secondary N) is 1. The number of sulfonamides is 1. The number of hydrogen-bond acceptors (Lipinski definition) is 5. The van der Waals surface area contributed by atoms with Crippen LogP contribution in [0.25, 0.3) is 0 Å². The Balaban J connectivity index is 1.97. The summed E-state index contributed by atoms with van der Waals surface area (Å²) >= 11 is 0. The van der Waals surface area contributed by atoms with Crippen molar-refractivity contribution in [2.75, 3.05) is 19.7 Å². The highest BCUT2D eigenvalue weighted by Gasteiger charge is 2.30. The maximum Gasteiger partial charge on any atom is 0.338 e. The van der Waals surface area contributed by atoms with E-state index in [0.717, 1.165) is 19.3 Å². The highest BCUT2D eigenvalue weighted by Crippen LogP contribution is 2.25. The number of ether oxygens (including phenoxy) is 1. The van der Waals surface area contributed by atoms with Crippen LogP contribution in [0.5, 0.6) is 0 Å². The van der Waals surface area contributed by atoms with Crippen molar-refractivity contribution in [1.29, 1.82) is 0 Å². The second-order valence-electron chi connectivity index (χ2n) is 7.26. The highest BCUT2D eigenvalue weighted by molar-refractivity contribution is 7.89. The summed E-state index contributed by atoms with van der Waals surface area (Å²) < 4.78 is 32.0. The maximum atomic E-state index is 12.8. The van der Waals surface area contributed by atoms with Gasteiger partial charge in [-0.1, -0.05) is 20.3 Å². The van der Waals surface area contributed by atoms with Gasteiger partial charge in [0.2, 0.25) is 10.0 Å². The van der Waals surface area contributed by atoms with E-state index >= 15 is 0 Å². The van der Waals surface area contributed by atoms with Crippen LogP contribution in [0.2, 0.25) is 0 Å². The zero-order chi connectivity index (χ0) is 20.0. The fourth-order valence-electron chi connectivity index (χ4n) is 2.91. The van der Waals surface area contributed by atoms with Crippen LogP contribution in [-0.2, 0) is 19.6 Å². The fraction of sp³-hybridized carbons (Fsp3) is 0.579. The normalized spacial score (nSPS) is 18.3. The van der Waals surface area contributed by atoms with Crippen LogP contribution in [0, 0.1) is 5.92 Å². The number of piperidine rings is 1. The first-order chi connectivity index (χ1) is 12.7. The van der Waals surface area contributed by atoms with Crippen LogP contribution in [0.15, 0.2) is 29.2 Å².